The number of nitrogens with two attached hydrogens (primary N) is 1. The van der Waals surface area contributed by atoms with E-state index in [0.717, 1.165) is 10.2 Å². The molecule has 0 fully saturated rings. The molecular weight excluding hydrogens is 322 g/mol. The molecule has 0 saturated carbocycles. The molecule has 0 aliphatic heterocycles. The van der Waals surface area contributed by atoms with Crippen molar-refractivity contribution in [1.82, 2.24) is 4.98 Å². The van der Waals surface area contributed by atoms with Gasteiger partial charge in [-0.2, -0.15) is 0 Å². The fourth-order valence-electron chi connectivity index (χ4n) is 1.78. The van der Waals surface area contributed by atoms with Gasteiger partial charge in [0.2, 0.25) is 5.91 Å². The van der Waals surface area contributed by atoms with E-state index in [1.165, 1.54) is 0 Å². The highest BCUT2D eigenvalue weighted by molar-refractivity contribution is 9.10. The van der Waals surface area contributed by atoms with Crippen LogP contribution in [0.25, 0.3) is 0 Å². The minimum absolute atomic E-state index is 0.479. The highest BCUT2D eigenvalue weighted by Crippen LogP contribution is 2.24. The minimum atomic E-state index is -0.660. The van der Waals surface area contributed by atoms with Gasteiger partial charge in [0.05, 0.1) is 7.11 Å². The monoisotopic (exact) mass is 335 g/mol. The van der Waals surface area contributed by atoms with Gasteiger partial charge in [-0.15, -0.1) is 0 Å². The van der Waals surface area contributed by atoms with Crippen molar-refractivity contribution >= 4 is 27.5 Å². The molecule has 1 aromatic heterocycles. The normalized spacial score (nSPS) is 11.7. The van der Waals surface area contributed by atoms with Crippen molar-refractivity contribution in [3.05, 3.63) is 52.8 Å². The van der Waals surface area contributed by atoms with E-state index in [0.29, 0.717) is 11.3 Å². The Morgan fingerprint density at radius 1 is 1.40 bits per heavy atom. The van der Waals surface area contributed by atoms with Gasteiger partial charge >= 0.3 is 0 Å². The van der Waals surface area contributed by atoms with Crippen LogP contribution in [0, 0.1) is 0 Å². The fraction of sp³-hybridized carbons (Fsp3) is 0.143. The predicted octanol–water partition coefficient (Wildman–Crippen LogP) is 2.49. The topological polar surface area (TPSA) is 77.2 Å². The smallest absolute Gasteiger partial charge is 0.244 e. The molecule has 1 heterocycles. The van der Waals surface area contributed by atoms with Gasteiger partial charge in [0, 0.05) is 34.2 Å². The zero-order chi connectivity index (χ0) is 14.5. The van der Waals surface area contributed by atoms with Crippen molar-refractivity contribution in [2.24, 2.45) is 5.73 Å². The molecule has 20 heavy (non-hydrogen) atoms. The summed E-state index contributed by atoms with van der Waals surface area (Å²) < 4.78 is 5.93. The third-order valence-electron chi connectivity index (χ3n) is 2.72. The molecule has 2 rings (SSSR count). The van der Waals surface area contributed by atoms with Gasteiger partial charge in [-0.1, -0.05) is 6.07 Å². The van der Waals surface area contributed by atoms with Crippen LogP contribution in [0.15, 0.2) is 47.2 Å². The van der Waals surface area contributed by atoms with Crippen molar-refractivity contribution in [1.29, 1.82) is 0 Å². The number of pyridine rings is 1. The molecular formula is C14H14BrN3O2. The average Bonchev–Trinajstić information content (AvgIpc) is 2.44. The first-order valence-corrected chi connectivity index (χ1v) is 6.70. The average molecular weight is 336 g/mol. The Labute approximate surface area is 125 Å². The van der Waals surface area contributed by atoms with E-state index in [9.17, 15) is 4.79 Å². The maximum atomic E-state index is 11.7. The number of hydrogen-bond acceptors (Lipinski definition) is 4. The summed E-state index contributed by atoms with van der Waals surface area (Å²) in [6.07, 6.45) is 3.25. The van der Waals surface area contributed by atoms with Gasteiger partial charge < -0.3 is 15.8 Å². The Morgan fingerprint density at radius 3 is 2.85 bits per heavy atom. The molecule has 1 unspecified atom stereocenters. The first kappa shape index (κ1) is 14.3. The van der Waals surface area contributed by atoms with Crippen LogP contribution in [0.3, 0.4) is 0 Å². The van der Waals surface area contributed by atoms with Crippen LogP contribution in [-0.4, -0.2) is 18.0 Å². The van der Waals surface area contributed by atoms with Gasteiger partial charge in [-0.3, -0.25) is 9.78 Å². The van der Waals surface area contributed by atoms with Crippen LogP contribution < -0.4 is 15.8 Å². The quantitative estimate of drug-likeness (QED) is 0.879. The number of carbonyl (C=O) groups excluding carboxylic acids is 1. The molecule has 1 amide bonds. The molecule has 0 bridgehead atoms. The summed E-state index contributed by atoms with van der Waals surface area (Å²) >= 11 is 3.33. The number of nitrogens with zero attached hydrogens (tertiary/aromatic N) is 1. The lowest BCUT2D eigenvalue weighted by Crippen LogP contribution is -2.27. The molecule has 0 radical (unpaired) electrons. The summed E-state index contributed by atoms with van der Waals surface area (Å²) in [5.41, 5.74) is 6.89. The van der Waals surface area contributed by atoms with E-state index in [4.69, 9.17) is 10.5 Å². The number of halogens is 1. The Hall–Kier alpha value is -2.08. The third-order valence-corrected chi connectivity index (χ3v) is 3.16. The molecule has 5 nitrogen and oxygen atoms in total. The molecule has 104 valence electrons. The lowest BCUT2D eigenvalue weighted by atomic mass is 10.1. The minimum Gasteiger partial charge on any atom is -0.497 e. The number of methoxy groups -OCH3 is 1. The second kappa shape index (κ2) is 6.38. The summed E-state index contributed by atoms with van der Waals surface area (Å²) in [5.74, 6) is 0.221. The number of nitrogens with one attached hydrogen (secondary N) is 1. The van der Waals surface area contributed by atoms with E-state index in [1.807, 2.05) is 18.2 Å². The second-order valence-electron chi connectivity index (χ2n) is 4.15. The maximum Gasteiger partial charge on any atom is 0.244 e. The predicted molar refractivity (Wildman–Crippen MR) is 80.5 cm³/mol. The van der Waals surface area contributed by atoms with Crippen molar-refractivity contribution in [2.45, 2.75) is 6.04 Å². The molecule has 0 saturated heterocycles. The number of rotatable bonds is 5. The standard InChI is InChI=1S/C14H14BrN3O2/c1-20-12-4-2-3-11(6-12)18-13(14(16)19)9-5-10(15)8-17-7-9/h2-8,13,18H,1H3,(H2,16,19). The van der Waals surface area contributed by atoms with Crippen LogP contribution in [0.4, 0.5) is 5.69 Å². The Balaban J connectivity index is 2.28. The van der Waals surface area contributed by atoms with E-state index >= 15 is 0 Å². The van der Waals surface area contributed by atoms with E-state index < -0.39 is 11.9 Å². The molecule has 1 atom stereocenters. The highest BCUT2D eigenvalue weighted by atomic mass is 79.9. The number of carbonyl (C=O) groups is 1. The van der Waals surface area contributed by atoms with Crippen molar-refractivity contribution in [2.75, 3.05) is 12.4 Å². The van der Waals surface area contributed by atoms with E-state index in [1.54, 1.807) is 31.6 Å². The summed E-state index contributed by atoms with van der Waals surface area (Å²) in [7, 11) is 1.59. The number of hydrogen-bond donors (Lipinski definition) is 2. The summed E-state index contributed by atoms with van der Waals surface area (Å²) in [5, 5.41) is 3.08. The van der Waals surface area contributed by atoms with Gasteiger partial charge in [0.1, 0.15) is 11.8 Å². The Morgan fingerprint density at radius 2 is 2.20 bits per heavy atom. The van der Waals surface area contributed by atoms with E-state index in [2.05, 4.69) is 26.2 Å². The highest BCUT2D eigenvalue weighted by Gasteiger charge is 2.18. The zero-order valence-corrected chi connectivity index (χ0v) is 12.4. The number of amides is 1. The van der Waals surface area contributed by atoms with Crippen LogP contribution in [0.2, 0.25) is 0 Å². The number of aromatic nitrogens is 1. The van der Waals surface area contributed by atoms with E-state index in [-0.39, 0.29) is 0 Å². The molecule has 0 spiro atoms. The van der Waals surface area contributed by atoms with Gasteiger partial charge in [0.15, 0.2) is 0 Å². The van der Waals surface area contributed by atoms with Crippen molar-refractivity contribution in [3.8, 4) is 5.75 Å². The zero-order valence-electron chi connectivity index (χ0n) is 10.8. The Kier molecular flexibility index (Phi) is 4.57. The van der Waals surface area contributed by atoms with Gasteiger partial charge in [0.25, 0.3) is 0 Å². The fourth-order valence-corrected chi connectivity index (χ4v) is 2.17. The molecule has 0 aliphatic rings. The summed E-state index contributed by atoms with van der Waals surface area (Å²) in [4.78, 5) is 15.7. The SMILES string of the molecule is COc1cccc(NC(C(N)=O)c2cncc(Br)c2)c1. The maximum absolute atomic E-state index is 11.7. The number of primary amides is 1. The van der Waals surface area contributed by atoms with Crippen LogP contribution in [-0.2, 0) is 4.79 Å². The summed E-state index contributed by atoms with van der Waals surface area (Å²) in [6, 6.07) is 8.43. The first-order valence-electron chi connectivity index (χ1n) is 5.90. The Bertz CT molecular complexity index is 619. The number of ether oxygens (including phenoxy) is 1. The first-order chi connectivity index (χ1) is 9.60. The lowest BCUT2D eigenvalue weighted by Gasteiger charge is -2.17. The lowest BCUT2D eigenvalue weighted by molar-refractivity contribution is -0.118. The van der Waals surface area contributed by atoms with Crippen molar-refractivity contribution in [3.63, 3.8) is 0 Å². The van der Waals surface area contributed by atoms with Crippen LogP contribution in [0.1, 0.15) is 11.6 Å². The molecule has 3 N–H and O–H groups in total. The summed E-state index contributed by atoms with van der Waals surface area (Å²) in [6.45, 7) is 0. The van der Waals surface area contributed by atoms with Crippen molar-refractivity contribution < 1.29 is 9.53 Å². The molecule has 6 heteroatoms. The largest absolute Gasteiger partial charge is 0.497 e. The van der Waals surface area contributed by atoms with Gasteiger partial charge in [-0.05, 0) is 34.1 Å². The van der Waals surface area contributed by atoms with Crippen LogP contribution in [0.5, 0.6) is 5.75 Å². The molecule has 2 aromatic rings. The second-order valence-corrected chi connectivity index (χ2v) is 5.06. The number of anilines is 1. The number of benzene rings is 1. The third kappa shape index (κ3) is 3.48. The molecule has 1 aromatic carbocycles. The van der Waals surface area contributed by atoms with Crippen LogP contribution >= 0.6 is 15.9 Å². The van der Waals surface area contributed by atoms with Gasteiger partial charge in [-0.25, -0.2) is 0 Å². The molecule has 0 aliphatic carbocycles.